The van der Waals surface area contributed by atoms with Gasteiger partial charge in [-0.25, -0.2) is 0 Å². The lowest BCUT2D eigenvalue weighted by Gasteiger charge is -2.40. The minimum atomic E-state index is -1.58. The third-order valence-electron chi connectivity index (χ3n) is 11.4. The SMILES string of the molecule is CC/C=C\C/C=C\C/C=C\C/C=C\C/C=C\CCCCCCCCCCCCCC(=O)NC(COC1OC(CO)C(O)C(O)C1O)C(O)/C=C/CC/C=C/CC/C=C/CCCCCC. The van der Waals surface area contributed by atoms with E-state index in [1.165, 1.54) is 70.6 Å². The van der Waals surface area contributed by atoms with Gasteiger partial charge >= 0.3 is 0 Å². The van der Waals surface area contributed by atoms with Crippen LogP contribution < -0.4 is 5.32 Å². The molecule has 0 spiro atoms. The number of unbranched alkanes of at least 4 members (excludes halogenated alkanes) is 17. The largest absolute Gasteiger partial charge is 0.394 e. The second-order valence-electron chi connectivity index (χ2n) is 17.2. The van der Waals surface area contributed by atoms with E-state index in [-0.39, 0.29) is 12.5 Å². The van der Waals surface area contributed by atoms with Crippen LogP contribution in [0.2, 0.25) is 0 Å². The van der Waals surface area contributed by atoms with Crippen LogP contribution in [0.4, 0.5) is 0 Å². The Morgan fingerprint density at radius 3 is 1.50 bits per heavy atom. The molecule has 7 unspecified atom stereocenters. The minimum absolute atomic E-state index is 0.200. The highest BCUT2D eigenvalue weighted by molar-refractivity contribution is 5.76. The molecule has 64 heavy (non-hydrogen) atoms. The van der Waals surface area contributed by atoms with Crippen molar-refractivity contribution >= 4 is 5.91 Å². The summed E-state index contributed by atoms with van der Waals surface area (Å²) in [5, 5.41) is 54.3. The Morgan fingerprint density at radius 2 is 0.984 bits per heavy atom. The van der Waals surface area contributed by atoms with Crippen LogP contribution in [0.25, 0.3) is 0 Å². The first-order valence-corrected chi connectivity index (χ1v) is 25.5. The fourth-order valence-corrected chi connectivity index (χ4v) is 7.33. The predicted molar refractivity (Wildman–Crippen MR) is 267 cm³/mol. The van der Waals surface area contributed by atoms with Crippen molar-refractivity contribution in [2.45, 2.75) is 230 Å². The molecule has 1 aliphatic heterocycles. The molecular weight excluding hydrogens is 803 g/mol. The number of rotatable bonds is 41. The predicted octanol–water partition coefficient (Wildman–Crippen LogP) is 11.7. The Morgan fingerprint density at radius 1 is 0.547 bits per heavy atom. The van der Waals surface area contributed by atoms with E-state index in [0.29, 0.717) is 6.42 Å². The molecule has 0 radical (unpaired) electrons. The van der Waals surface area contributed by atoms with Crippen LogP contribution in [0.5, 0.6) is 0 Å². The molecule has 0 aromatic rings. The smallest absolute Gasteiger partial charge is 0.220 e. The Balaban J connectivity index is 2.27. The number of nitrogens with one attached hydrogen (secondary N) is 1. The number of hydrogen-bond acceptors (Lipinski definition) is 8. The third-order valence-corrected chi connectivity index (χ3v) is 11.4. The lowest BCUT2D eigenvalue weighted by Crippen LogP contribution is -2.60. The molecule has 0 aliphatic carbocycles. The maximum Gasteiger partial charge on any atom is 0.220 e. The number of hydrogen-bond donors (Lipinski definition) is 6. The summed E-state index contributed by atoms with van der Waals surface area (Å²) in [4.78, 5) is 13.0. The Labute approximate surface area is 390 Å². The van der Waals surface area contributed by atoms with Crippen molar-refractivity contribution in [1.29, 1.82) is 0 Å². The standard InChI is InChI=1S/C55H93NO8/c1-3-5-7-9-11-13-15-17-19-20-21-22-23-24-25-26-27-28-29-30-31-33-35-37-39-41-43-45-51(59)56-48(47-63-55-54(62)53(61)52(60)50(46-57)64-55)49(58)44-42-40-38-36-34-32-18-16-14-12-10-8-6-4-2/h5,7,11,13-14,16-17,19,21-22,24-25,34,36,42,44,48-50,52-55,57-58,60-62H,3-4,6,8-10,12,15,18,20,23,26-33,35,37-41,43,45-47H2,1-2H3,(H,56,59)/b7-5-,13-11-,16-14+,19-17-,22-21-,25-24-,36-34+,44-42+. The van der Waals surface area contributed by atoms with Gasteiger partial charge in [-0.05, 0) is 89.9 Å². The van der Waals surface area contributed by atoms with E-state index in [4.69, 9.17) is 9.47 Å². The normalized spacial score (nSPS) is 20.9. The molecule has 1 heterocycles. The molecule has 0 aromatic heterocycles. The number of aliphatic hydroxyl groups is 5. The maximum absolute atomic E-state index is 13.0. The molecule has 9 nitrogen and oxygen atoms in total. The van der Waals surface area contributed by atoms with Crippen LogP contribution in [0.1, 0.15) is 187 Å². The number of aliphatic hydroxyl groups excluding tert-OH is 5. The van der Waals surface area contributed by atoms with Crippen molar-refractivity contribution in [3.8, 4) is 0 Å². The van der Waals surface area contributed by atoms with E-state index in [2.05, 4.69) is 104 Å². The van der Waals surface area contributed by atoms with Crippen LogP contribution >= 0.6 is 0 Å². The summed E-state index contributed by atoms with van der Waals surface area (Å²) in [5.41, 5.74) is 0. The molecule has 0 saturated carbocycles. The van der Waals surface area contributed by atoms with E-state index < -0.39 is 49.5 Å². The van der Waals surface area contributed by atoms with Crippen LogP contribution in [0.3, 0.4) is 0 Å². The van der Waals surface area contributed by atoms with Gasteiger partial charge in [0.15, 0.2) is 6.29 Å². The Kier molecular flexibility index (Phi) is 40.6. The summed E-state index contributed by atoms with van der Waals surface area (Å²) in [6.07, 6.45) is 56.0. The molecule has 0 aromatic carbocycles. The van der Waals surface area contributed by atoms with Gasteiger partial charge in [0.05, 0.1) is 25.4 Å². The van der Waals surface area contributed by atoms with Crippen molar-refractivity contribution < 1.29 is 39.8 Å². The van der Waals surface area contributed by atoms with Crippen LogP contribution in [-0.2, 0) is 14.3 Å². The molecule has 6 N–H and O–H groups in total. The first kappa shape index (κ1) is 59.1. The maximum atomic E-state index is 13.0. The summed E-state index contributed by atoms with van der Waals surface area (Å²) in [7, 11) is 0. The Hall–Kier alpha value is -2.89. The second-order valence-corrected chi connectivity index (χ2v) is 17.2. The minimum Gasteiger partial charge on any atom is -0.394 e. The van der Waals surface area contributed by atoms with Crippen molar-refractivity contribution in [2.24, 2.45) is 0 Å². The molecule has 1 rings (SSSR count). The first-order valence-electron chi connectivity index (χ1n) is 25.5. The highest BCUT2D eigenvalue weighted by Crippen LogP contribution is 2.22. The van der Waals surface area contributed by atoms with Crippen molar-refractivity contribution in [3.63, 3.8) is 0 Å². The summed E-state index contributed by atoms with van der Waals surface area (Å²) < 4.78 is 11.2. The van der Waals surface area contributed by atoms with E-state index in [0.717, 1.165) is 96.3 Å². The van der Waals surface area contributed by atoms with E-state index in [1.54, 1.807) is 6.08 Å². The molecule has 1 fully saturated rings. The summed E-state index contributed by atoms with van der Waals surface area (Å²) in [6, 6.07) is -0.835. The fourth-order valence-electron chi connectivity index (χ4n) is 7.33. The van der Waals surface area contributed by atoms with E-state index in [9.17, 15) is 30.3 Å². The van der Waals surface area contributed by atoms with Crippen LogP contribution in [0.15, 0.2) is 97.2 Å². The highest BCUT2D eigenvalue weighted by Gasteiger charge is 2.44. The van der Waals surface area contributed by atoms with Gasteiger partial charge in [0.25, 0.3) is 0 Å². The molecule has 1 aliphatic rings. The van der Waals surface area contributed by atoms with Gasteiger partial charge in [0, 0.05) is 6.42 Å². The lowest BCUT2D eigenvalue weighted by molar-refractivity contribution is -0.302. The number of ether oxygens (including phenoxy) is 2. The lowest BCUT2D eigenvalue weighted by atomic mass is 9.99. The van der Waals surface area contributed by atoms with Crippen molar-refractivity contribution in [3.05, 3.63) is 97.2 Å². The van der Waals surface area contributed by atoms with Crippen LogP contribution in [-0.4, -0.2) is 87.5 Å². The molecule has 9 heteroatoms. The van der Waals surface area contributed by atoms with Gasteiger partial charge in [0.1, 0.15) is 24.4 Å². The monoisotopic (exact) mass is 896 g/mol. The van der Waals surface area contributed by atoms with Gasteiger partial charge in [-0.15, -0.1) is 0 Å². The zero-order chi connectivity index (χ0) is 46.6. The van der Waals surface area contributed by atoms with Crippen LogP contribution in [0, 0.1) is 0 Å². The number of amides is 1. The van der Waals surface area contributed by atoms with Gasteiger partial charge in [-0.2, -0.15) is 0 Å². The first-order chi connectivity index (χ1) is 31.3. The average Bonchev–Trinajstić information content (AvgIpc) is 3.29. The summed E-state index contributed by atoms with van der Waals surface area (Å²) >= 11 is 0. The van der Waals surface area contributed by atoms with Crippen molar-refractivity contribution in [1.82, 2.24) is 5.32 Å². The summed E-state index contributed by atoms with van der Waals surface area (Å²) in [6.45, 7) is 3.60. The van der Waals surface area contributed by atoms with Gasteiger partial charge < -0.3 is 40.3 Å². The quantitative estimate of drug-likeness (QED) is 0.0262. The molecular formula is C55H93NO8. The molecule has 7 atom stereocenters. The number of allylic oxidation sites excluding steroid dienone is 15. The van der Waals surface area contributed by atoms with Gasteiger partial charge in [-0.3, -0.25) is 4.79 Å². The molecule has 1 saturated heterocycles. The summed E-state index contributed by atoms with van der Waals surface area (Å²) in [5.74, 6) is -0.200. The zero-order valence-corrected chi connectivity index (χ0v) is 40.2. The third kappa shape index (κ3) is 33.6. The average molecular weight is 896 g/mol. The number of carbonyl (C=O) groups is 1. The molecule has 366 valence electrons. The highest BCUT2D eigenvalue weighted by atomic mass is 16.7. The van der Waals surface area contributed by atoms with Gasteiger partial charge in [0.2, 0.25) is 5.91 Å². The van der Waals surface area contributed by atoms with Crippen molar-refractivity contribution in [2.75, 3.05) is 13.2 Å². The van der Waals surface area contributed by atoms with Gasteiger partial charge in [-0.1, -0.05) is 188 Å². The fraction of sp³-hybridized carbons (Fsp3) is 0.691. The topological polar surface area (TPSA) is 149 Å². The van der Waals surface area contributed by atoms with E-state index in [1.807, 2.05) is 6.08 Å². The number of carbonyl (C=O) groups excluding carboxylic acids is 1. The van der Waals surface area contributed by atoms with E-state index >= 15 is 0 Å². The Bertz CT molecular complexity index is 1320. The molecule has 0 bridgehead atoms. The second kappa shape index (κ2) is 44.0. The zero-order valence-electron chi connectivity index (χ0n) is 40.2. The molecule has 1 amide bonds.